The smallest absolute Gasteiger partial charge is 0.254 e. The number of hydrogen-bond donors (Lipinski definition) is 2. The highest BCUT2D eigenvalue weighted by Crippen LogP contribution is 2.10. The number of pyridine rings is 2. The topological polar surface area (TPSA) is 80.9 Å². The molecule has 0 unspecified atom stereocenters. The van der Waals surface area contributed by atoms with Crippen LogP contribution in [0.1, 0.15) is 21.6 Å². The van der Waals surface area contributed by atoms with E-state index in [1.807, 2.05) is 19.1 Å². The molecule has 0 spiro atoms. The number of carbonyl (C=O) groups excluding carboxylic acids is 1. The molecule has 2 aromatic rings. The second-order valence-electron chi connectivity index (χ2n) is 4.27. The Morgan fingerprint density at radius 1 is 1.37 bits per heavy atom. The first-order chi connectivity index (χ1) is 9.16. The third-order valence-electron chi connectivity index (χ3n) is 2.77. The van der Waals surface area contributed by atoms with Gasteiger partial charge in [-0.15, -0.1) is 0 Å². The SMILES string of the molecule is Cc1cc(N)c(C(=O)NCCc2ccncc2)cn1. The number of aromatic nitrogens is 2. The molecule has 0 aliphatic rings. The number of hydrogen-bond acceptors (Lipinski definition) is 4. The summed E-state index contributed by atoms with van der Waals surface area (Å²) < 4.78 is 0. The van der Waals surface area contributed by atoms with Crippen LogP contribution in [0.3, 0.4) is 0 Å². The van der Waals surface area contributed by atoms with Gasteiger partial charge in [-0.25, -0.2) is 0 Å². The van der Waals surface area contributed by atoms with Crippen LogP contribution in [0, 0.1) is 6.92 Å². The number of nitrogens with two attached hydrogens (primary N) is 1. The fourth-order valence-electron chi connectivity index (χ4n) is 1.74. The number of nitrogen functional groups attached to an aromatic ring is 1. The molecule has 0 fully saturated rings. The average Bonchev–Trinajstić information content (AvgIpc) is 2.39. The van der Waals surface area contributed by atoms with Crippen LogP contribution in [-0.4, -0.2) is 22.4 Å². The number of amides is 1. The van der Waals surface area contributed by atoms with Gasteiger partial charge < -0.3 is 11.1 Å². The van der Waals surface area contributed by atoms with Crippen molar-refractivity contribution < 1.29 is 4.79 Å². The second-order valence-corrected chi connectivity index (χ2v) is 4.27. The predicted octanol–water partition coefficient (Wildman–Crippen LogP) is 1.34. The number of carbonyl (C=O) groups is 1. The number of anilines is 1. The summed E-state index contributed by atoms with van der Waals surface area (Å²) in [5.74, 6) is -0.195. The molecule has 2 heterocycles. The van der Waals surface area contributed by atoms with Gasteiger partial charge in [-0.2, -0.15) is 0 Å². The monoisotopic (exact) mass is 256 g/mol. The Morgan fingerprint density at radius 3 is 2.79 bits per heavy atom. The summed E-state index contributed by atoms with van der Waals surface area (Å²) in [5.41, 5.74) is 8.59. The van der Waals surface area contributed by atoms with E-state index < -0.39 is 0 Å². The van der Waals surface area contributed by atoms with Gasteiger partial charge in [0.1, 0.15) is 0 Å². The number of nitrogens with zero attached hydrogens (tertiary/aromatic N) is 2. The van der Waals surface area contributed by atoms with E-state index in [2.05, 4.69) is 15.3 Å². The van der Waals surface area contributed by atoms with Crippen LogP contribution in [0.4, 0.5) is 5.69 Å². The van der Waals surface area contributed by atoms with Crippen molar-refractivity contribution in [3.63, 3.8) is 0 Å². The first kappa shape index (κ1) is 13.0. The van der Waals surface area contributed by atoms with Crippen LogP contribution >= 0.6 is 0 Å². The Hall–Kier alpha value is -2.43. The van der Waals surface area contributed by atoms with Gasteiger partial charge in [-0.05, 0) is 37.1 Å². The van der Waals surface area contributed by atoms with Crippen molar-refractivity contribution in [2.75, 3.05) is 12.3 Å². The molecule has 0 aromatic carbocycles. The summed E-state index contributed by atoms with van der Waals surface area (Å²) in [5, 5.41) is 2.83. The first-order valence-corrected chi connectivity index (χ1v) is 6.06. The highest BCUT2D eigenvalue weighted by Gasteiger charge is 2.09. The highest BCUT2D eigenvalue weighted by atomic mass is 16.1. The minimum absolute atomic E-state index is 0.195. The molecule has 0 aliphatic heterocycles. The largest absolute Gasteiger partial charge is 0.398 e. The third-order valence-corrected chi connectivity index (χ3v) is 2.77. The molecule has 0 bridgehead atoms. The van der Waals surface area contributed by atoms with Gasteiger partial charge in [-0.3, -0.25) is 14.8 Å². The van der Waals surface area contributed by atoms with E-state index in [9.17, 15) is 4.79 Å². The maximum absolute atomic E-state index is 11.9. The van der Waals surface area contributed by atoms with Crippen LogP contribution in [0.25, 0.3) is 0 Å². The summed E-state index contributed by atoms with van der Waals surface area (Å²) >= 11 is 0. The fourth-order valence-corrected chi connectivity index (χ4v) is 1.74. The minimum Gasteiger partial charge on any atom is -0.398 e. The van der Waals surface area contributed by atoms with E-state index in [1.165, 1.54) is 6.20 Å². The maximum atomic E-state index is 11.9. The molecular weight excluding hydrogens is 240 g/mol. The van der Waals surface area contributed by atoms with E-state index in [-0.39, 0.29) is 5.91 Å². The molecule has 5 heteroatoms. The molecule has 2 rings (SSSR count). The standard InChI is InChI=1S/C14H16N4O/c1-10-8-13(15)12(9-18-10)14(19)17-7-4-11-2-5-16-6-3-11/h2-3,5-6,8-9H,4,7H2,1H3,(H2,15,18)(H,17,19). The number of rotatable bonds is 4. The Labute approximate surface area is 111 Å². The van der Waals surface area contributed by atoms with Gasteiger partial charge in [0.05, 0.1) is 5.56 Å². The lowest BCUT2D eigenvalue weighted by atomic mass is 10.2. The third kappa shape index (κ3) is 3.51. The lowest BCUT2D eigenvalue weighted by molar-refractivity contribution is 0.0954. The molecule has 3 N–H and O–H groups in total. The lowest BCUT2D eigenvalue weighted by Crippen LogP contribution is -2.26. The quantitative estimate of drug-likeness (QED) is 0.865. The summed E-state index contributed by atoms with van der Waals surface area (Å²) in [6.07, 6.45) is 5.73. The summed E-state index contributed by atoms with van der Waals surface area (Å²) in [7, 11) is 0. The van der Waals surface area contributed by atoms with Crippen molar-refractivity contribution in [3.05, 3.63) is 53.6 Å². The molecule has 2 aromatic heterocycles. The zero-order valence-corrected chi connectivity index (χ0v) is 10.8. The van der Waals surface area contributed by atoms with Gasteiger partial charge in [0, 0.05) is 36.5 Å². The van der Waals surface area contributed by atoms with Crippen molar-refractivity contribution in [2.45, 2.75) is 13.3 Å². The Balaban J connectivity index is 1.91. The van der Waals surface area contributed by atoms with E-state index in [4.69, 9.17) is 5.73 Å². The van der Waals surface area contributed by atoms with Crippen molar-refractivity contribution in [1.82, 2.24) is 15.3 Å². The maximum Gasteiger partial charge on any atom is 0.254 e. The molecule has 0 atom stereocenters. The average molecular weight is 256 g/mol. The first-order valence-electron chi connectivity index (χ1n) is 6.06. The Bertz CT molecular complexity index is 569. The van der Waals surface area contributed by atoms with E-state index in [0.717, 1.165) is 17.7 Å². The Kier molecular flexibility index (Phi) is 4.07. The van der Waals surface area contributed by atoms with Crippen LogP contribution in [0.2, 0.25) is 0 Å². The molecule has 0 aliphatic carbocycles. The van der Waals surface area contributed by atoms with Gasteiger partial charge in [0.25, 0.3) is 5.91 Å². The number of nitrogens with one attached hydrogen (secondary N) is 1. The number of aryl methyl sites for hydroxylation is 1. The van der Waals surface area contributed by atoms with Crippen LogP contribution in [0.5, 0.6) is 0 Å². The highest BCUT2D eigenvalue weighted by molar-refractivity contribution is 5.98. The molecule has 0 saturated carbocycles. The lowest BCUT2D eigenvalue weighted by Gasteiger charge is -2.07. The van der Waals surface area contributed by atoms with Gasteiger partial charge in [0.2, 0.25) is 0 Å². The van der Waals surface area contributed by atoms with E-state index in [1.54, 1.807) is 18.5 Å². The van der Waals surface area contributed by atoms with E-state index >= 15 is 0 Å². The van der Waals surface area contributed by atoms with Gasteiger partial charge in [-0.1, -0.05) is 0 Å². The molecule has 5 nitrogen and oxygen atoms in total. The normalized spacial score (nSPS) is 10.2. The van der Waals surface area contributed by atoms with Crippen molar-refractivity contribution >= 4 is 11.6 Å². The molecule has 0 saturated heterocycles. The van der Waals surface area contributed by atoms with Crippen LogP contribution in [-0.2, 0) is 6.42 Å². The fraction of sp³-hybridized carbons (Fsp3) is 0.214. The van der Waals surface area contributed by atoms with Crippen LogP contribution < -0.4 is 11.1 Å². The summed E-state index contributed by atoms with van der Waals surface area (Å²) in [6.45, 7) is 2.39. The van der Waals surface area contributed by atoms with E-state index in [0.29, 0.717) is 17.8 Å². The molecule has 0 radical (unpaired) electrons. The second kappa shape index (κ2) is 5.95. The van der Waals surface area contributed by atoms with Crippen LogP contribution in [0.15, 0.2) is 36.8 Å². The van der Waals surface area contributed by atoms with Crippen molar-refractivity contribution in [1.29, 1.82) is 0 Å². The van der Waals surface area contributed by atoms with Crippen molar-refractivity contribution in [2.24, 2.45) is 0 Å². The molecule has 98 valence electrons. The Morgan fingerprint density at radius 2 is 2.11 bits per heavy atom. The zero-order chi connectivity index (χ0) is 13.7. The zero-order valence-electron chi connectivity index (χ0n) is 10.8. The molecular formula is C14H16N4O. The minimum atomic E-state index is -0.195. The van der Waals surface area contributed by atoms with Crippen molar-refractivity contribution in [3.8, 4) is 0 Å². The molecule has 1 amide bonds. The summed E-state index contributed by atoms with van der Waals surface area (Å²) in [6, 6.07) is 5.54. The molecule has 19 heavy (non-hydrogen) atoms. The van der Waals surface area contributed by atoms with Gasteiger partial charge >= 0.3 is 0 Å². The van der Waals surface area contributed by atoms with Gasteiger partial charge in [0.15, 0.2) is 0 Å². The summed E-state index contributed by atoms with van der Waals surface area (Å²) in [4.78, 5) is 19.9. The predicted molar refractivity (Wildman–Crippen MR) is 73.7 cm³/mol.